The average molecular weight is 539 g/mol. The maximum Gasteiger partial charge on any atom is 0.216 e. The van der Waals surface area contributed by atoms with E-state index in [2.05, 4.69) is 28.6 Å². The van der Waals surface area contributed by atoms with Crippen molar-refractivity contribution in [1.82, 2.24) is 29.8 Å². The van der Waals surface area contributed by atoms with E-state index in [4.69, 9.17) is 15.1 Å². The zero-order valence-corrected chi connectivity index (χ0v) is 23.3. The Hall–Kier alpha value is -3.57. The molecule has 11 heteroatoms. The average Bonchev–Trinajstić information content (AvgIpc) is 3.56. The smallest absolute Gasteiger partial charge is 0.216 e. The maximum atomic E-state index is 13.5. The first-order valence-corrected chi connectivity index (χ1v) is 13.7. The number of halogens is 1. The number of hydrogen-bond acceptors (Lipinski definition) is 8. The number of amides is 1. The van der Waals surface area contributed by atoms with E-state index in [0.717, 1.165) is 67.3 Å². The zero-order valence-electron chi connectivity index (χ0n) is 22.4. The van der Waals surface area contributed by atoms with Crippen molar-refractivity contribution in [2.24, 2.45) is 0 Å². The van der Waals surface area contributed by atoms with Crippen molar-refractivity contribution in [3.63, 3.8) is 0 Å². The number of aromatic nitrogens is 4. The van der Waals surface area contributed by atoms with Gasteiger partial charge in [0, 0.05) is 58.6 Å². The molecule has 0 bridgehead atoms. The highest BCUT2D eigenvalue weighted by molar-refractivity contribution is 7.13. The van der Waals surface area contributed by atoms with Gasteiger partial charge in [-0.05, 0) is 37.1 Å². The van der Waals surface area contributed by atoms with E-state index in [0.29, 0.717) is 17.8 Å². The molecule has 0 radical (unpaired) electrons. The van der Waals surface area contributed by atoms with Gasteiger partial charge in [0.05, 0.1) is 11.4 Å². The van der Waals surface area contributed by atoms with Crippen LogP contribution in [-0.2, 0) is 11.2 Å². The summed E-state index contributed by atoms with van der Waals surface area (Å²) in [6.07, 6.45) is 5.17. The Kier molecular flexibility index (Phi) is 8.90. The molecule has 9 nitrogen and oxygen atoms in total. The molecule has 38 heavy (non-hydrogen) atoms. The van der Waals surface area contributed by atoms with Gasteiger partial charge >= 0.3 is 0 Å². The highest BCUT2D eigenvalue weighted by Gasteiger charge is 2.22. The van der Waals surface area contributed by atoms with Crippen LogP contribution in [0.3, 0.4) is 0 Å². The topological polar surface area (TPSA) is 81.9 Å². The molecule has 3 aromatic rings. The number of carbonyl (C=O) groups excluding carboxylic acids is 1. The molecule has 0 aliphatic carbocycles. The van der Waals surface area contributed by atoms with Crippen LogP contribution < -0.4 is 15.1 Å². The summed E-state index contributed by atoms with van der Waals surface area (Å²) in [5, 5.41) is 10.5. The summed E-state index contributed by atoms with van der Waals surface area (Å²) in [5.74, 6) is 1.47. The lowest BCUT2D eigenvalue weighted by Gasteiger charge is -2.35. The molecule has 0 atom stereocenters. The highest BCUT2D eigenvalue weighted by Crippen LogP contribution is 2.32. The van der Waals surface area contributed by atoms with Gasteiger partial charge in [0.25, 0.3) is 0 Å². The third kappa shape index (κ3) is 6.28. The number of nitrogens with one attached hydrogen (secondary N) is 1. The van der Waals surface area contributed by atoms with Crippen LogP contribution in [0.25, 0.3) is 11.2 Å². The van der Waals surface area contributed by atoms with Crippen molar-refractivity contribution in [2.75, 3.05) is 56.1 Å². The first-order chi connectivity index (χ1) is 18.3. The molecule has 1 aliphatic heterocycles. The summed E-state index contributed by atoms with van der Waals surface area (Å²) in [4.78, 5) is 27.3. The minimum Gasteiger partial charge on any atom is -0.355 e. The largest absolute Gasteiger partial charge is 0.355 e. The fraction of sp³-hybridized carbons (Fsp3) is 0.407. The number of nitrogens with zero attached hydrogens (tertiary/aromatic N) is 7. The van der Waals surface area contributed by atoms with E-state index in [1.54, 1.807) is 19.9 Å². The summed E-state index contributed by atoms with van der Waals surface area (Å²) in [5.41, 5.74) is 3.06. The number of aryl methyl sites for hydroxylation is 1. The standard InChI is InChI=1S/C27H35FN8OS/c1-6-21(28)9-8-19(3)23-18-38-27(31-23)33(5)26-22(7-2)30-24-10-11-25(32-36(24)26)35-16-14-34(15-17-35)13-12-29-20(4)37/h6,8-11,18H,3,7,12-17H2,1-2,4-5H3,(H,29,37)/b9-8-,21-6+. The number of piperazine rings is 1. The van der Waals surface area contributed by atoms with Gasteiger partial charge in [-0.15, -0.1) is 16.4 Å². The molecule has 1 aliphatic rings. The van der Waals surface area contributed by atoms with Gasteiger partial charge < -0.3 is 15.1 Å². The summed E-state index contributed by atoms with van der Waals surface area (Å²) in [6.45, 7) is 14.4. The Bertz CT molecular complexity index is 1350. The molecular formula is C27H35FN8OS. The van der Waals surface area contributed by atoms with Crippen molar-refractivity contribution in [1.29, 1.82) is 0 Å². The molecule has 0 spiro atoms. The molecule has 0 unspecified atom stereocenters. The Labute approximate surface area is 227 Å². The van der Waals surface area contributed by atoms with Gasteiger partial charge in [-0.2, -0.15) is 4.52 Å². The molecule has 4 heterocycles. The Morgan fingerprint density at radius 2 is 2.00 bits per heavy atom. The third-order valence-corrected chi connectivity index (χ3v) is 7.40. The molecule has 4 rings (SSSR count). The summed E-state index contributed by atoms with van der Waals surface area (Å²) in [6, 6.07) is 4.04. The van der Waals surface area contributed by atoms with E-state index in [-0.39, 0.29) is 11.7 Å². The van der Waals surface area contributed by atoms with E-state index >= 15 is 0 Å². The van der Waals surface area contributed by atoms with E-state index in [9.17, 15) is 9.18 Å². The van der Waals surface area contributed by atoms with Crippen molar-refractivity contribution in [3.8, 4) is 0 Å². The quantitative estimate of drug-likeness (QED) is 0.387. The second-order valence-corrected chi connectivity index (χ2v) is 9.95. The number of rotatable bonds is 10. The Morgan fingerprint density at radius 3 is 2.68 bits per heavy atom. The first kappa shape index (κ1) is 27.5. The third-order valence-electron chi connectivity index (χ3n) is 6.49. The minimum atomic E-state index is -0.315. The van der Waals surface area contributed by atoms with Crippen LogP contribution in [-0.4, -0.2) is 76.7 Å². The number of anilines is 3. The number of thiazole rings is 1. The highest BCUT2D eigenvalue weighted by atomic mass is 32.1. The van der Waals surface area contributed by atoms with Crippen molar-refractivity contribution in [3.05, 3.63) is 59.5 Å². The summed E-state index contributed by atoms with van der Waals surface area (Å²) < 4.78 is 15.4. The van der Waals surface area contributed by atoms with Crippen molar-refractivity contribution in [2.45, 2.75) is 27.2 Å². The predicted molar refractivity (Wildman–Crippen MR) is 153 cm³/mol. The molecule has 1 saturated heterocycles. The van der Waals surface area contributed by atoms with Gasteiger partial charge in [0.1, 0.15) is 11.6 Å². The number of allylic oxidation sites excluding steroid dienone is 5. The number of fused-ring (bicyclic) bond motifs is 1. The molecule has 0 aromatic carbocycles. The Morgan fingerprint density at radius 1 is 1.24 bits per heavy atom. The number of imidazole rings is 1. The molecule has 1 fully saturated rings. The van der Waals surface area contributed by atoms with Crippen LogP contribution in [0, 0.1) is 0 Å². The second kappa shape index (κ2) is 12.3. The molecule has 0 saturated carbocycles. The molecule has 1 N–H and O–H groups in total. The maximum absolute atomic E-state index is 13.5. The van der Waals surface area contributed by atoms with E-state index < -0.39 is 0 Å². The van der Waals surface area contributed by atoms with Gasteiger partial charge in [-0.25, -0.2) is 14.4 Å². The van der Waals surface area contributed by atoms with Crippen LogP contribution in [0.1, 0.15) is 32.2 Å². The van der Waals surface area contributed by atoms with Gasteiger partial charge in [0.2, 0.25) is 5.91 Å². The summed E-state index contributed by atoms with van der Waals surface area (Å²) >= 11 is 1.49. The lowest BCUT2D eigenvalue weighted by Crippen LogP contribution is -2.48. The normalized spacial score (nSPS) is 15.0. The van der Waals surface area contributed by atoms with E-state index in [1.165, 1.54) is 23.5 Å². The molecule has 202 valence electrons. The van der Waals surface area contributed by atoms with Crippen molar-refractivity contribution < 1.29 is 9.18 Å². The lowest BCUT2D eigenvalue weighted by molar-refractivity contribution is -0.119. The monoisotopic (exact) mass is 538 g/mol. The van der Waals surface area contributed by atoms with Gasteiger partial charge in [-0.3, -0.25) is 9.69 Å². The van der Waals surface area contributed by atoms with E-state index in [1.807, 2.05) is 34.0 Å². The van der Waals surface area contributed by atoms with Crippen LogP contribution in [0.2, 0.25) is 0 Å². The SMILES string of the molecule is C=C(/C=C\C(F)=C/C)c1csc(N(C)c2c(CC)nc3ccc(N4CCN(CCNC(C)=O)CC4)nn23)n1. The molecule has 1 amide bonds. The predicted octanol–water partition coefficient (Wildman–Crippen LogP) is 4.22. The first-order valence-electron chi connectivity index (χ1n) is 12.8. The fourth-order valence-electron chi connectivity index (χ4n) is 4.31. The number of carbonyl (C=O) groups is 1. The second-order valence-electron chi connectivity index (χ2n) is 9.12. The zero-order chi connectivity index (χ0) is 27.2. The van der Waals surface area contributed by atoms with Crippen LogP contribution in [0.5, 0.6) is 0 Å². The van der Waals surface area contributed by atoms with Crippen LogP contribution in [0.4, 0.5) is 21.2 Å². The Balaban J connectivity index is 1.53. The minimum absolute atomic E-state index is 0.00391. The van der Waals surface area contributed by atoms with Crippen LogP contribution in [0.15, 0.2) is 48.1 Å². The molecular weight excluding hydrogens is 503 g/mol. The molecule has 3 aromatic heterocycles. The fourth-order valence-corrected chi connectivity index (χ4v) is 5.12. The van der Waals surface area contributed by atoms with Crippen molar-refractivity contribution >= 4 is 45.2 Å². The van der Waals surface area contributed by atoms with Gasteiger partial charge in [-0.1, -0.05) is 25.7 Å². The van der Waals surface area contributed by atoms with Gasteiger partial charge in [0.15, 0.2) is 16.6 Å². The van der Waals surface area contributed by atoms with Crippen LogP contribution >= 0.6 is 11.3 Å². The summed E-state index contributed by atoms with van der Waals surface area (Å²) in [7, 11) is 1.96. The number of hydrogen-bond donors (Lipinski definition) is 1. The lowest BCUT2D eigenvalue weighted by atomic mass is 10.2.